The maximum Gasteiger partial charge on any atom is 0.692 e. The van der Waals surface area contributed by atoms with Crippen molar-refractivity contribution in [1.29, 1.82) is 0 Å². The Labute approximate surface area is 82.7 Å². The summed E-state index contributed by atoms with van der Waals surface area (Å²) in [6.07, 6.45) is 2.61. The van der Waals surface area contributed by atoms with Gasteiger partial charge in [0.15, 0.2) is 0 Å². The normalized spacial score (nSPS) is 8.67. The molecule has 0 atom stereocenters. The fraction of sp³-hybridized carbons (Fsp3) is 1.00. The molecular formula is C6H16O3PS2+. The molecule has 0 amide bonds. The molecule has 0 aliphatic heterocycles. The molecule has 0 unspecified atom stereocenters. The summed E-state index contributed by atoms with van der Waals surface area (Å²) in [5, 5.41) is 0. The largest absolute Gasteiger partial charge is 0.692 e. The Morgan fingerprint density at radius 1 is 1.08 bits per heavy atom. The van der Waals surface area contributed by atoms with E-state index in [9.17, 15) is 0 Å². The van der Waals surface area contributed by atoms with E-state index in [1.165, 1.54) is 24.3 Å². The maximum absolute atomic E-state index is 8.70. The molecule has 0 radical (unpaired) electrons. The van der Waals surface area contributed by atoms with Gasteiger partial charge in [-0.1, -0.05) is 35.4 Å². The molecule has 0 aliphatic carbocycles. The van der Waals surface area contributed by atoms with Gasteiger partial charge in [-0.2, -0.15) is 0 Å². The van der Waals surface area contributed by atoms with Crippen molar-refractivity contribution in [2.75, 3.05) is 11.5 Å². The lowest BCUT2D eigenvalue weighted by Crippen LogP contribution is -1.70. The minimum absolute atomic E-state index is 1.31. The third kappa shape index (κ3) is 31.0. The first-order valence-electron chi connectivity index (χ1n) is 3.74. The van der Waals surface area contributed by atoms with Crippen LogP contribution in [0.5, 0.6) is 0 Å². The van der Waals surface area contributed by atoms with Crippen LogP contribution in [0.2, 0.25) is 0 Å². The van der Waals surface area contributed by atoms with Crippen molar-refractivity contribution >= 4 is 29.8 Å². The van der Waals surface area contributed by atoms with Crippen LogP contribution >= 0.6 is 29.8 Å². The van der Waals surface area contributed by atoms with Gasteiger partial charge in [-0.05, 0) is 12.8 Å². The second-order valence-electron chi connectivity index (χ2n) is 1.90. The Bertz CT molecular complexity index is 92.8. The lowest BCUT2D eigenvalue weighted by molar-refractivity contribution is 0.405. The second kappa shape index (κ2) is 14.3. The molecule has 0 aliphatic rings. The van der Waals surface area contributed by atoms with Crippen LogP contribution in [0.25, 0.3) is 0 Å². The maximum atomic E-state index is 8.70. The predicted octanol–water partition coefficient (Wildman–Crippen LogP) is 2.82. The number of hydrogen-bond donors (Lipinski definition) is 2. The van der Waals surface area contributed by atoms with Gasteiger partial charge >= 0.3 is 8.25 Å². The van der Waals surface area contributed by atoms with Gasteiger partial charge in [0.05, 0.1) is 0 Å². The lowest BCUT2D eigenvalue weighted by atomic mass is 10.6. The first-order chi connectivity index (χ1) is 5.65. The summed E-state index contributed by atoms with van der Waals surface area (Å²) in [7, 11) is 1.12. The molecule has 0 aromatic rings. The van der Waals surface area contributed by atoms with E-state index in [4.69, 9.17) is 14.4 Å². The molecule has 0 saturated heterocycles. The highest BCUT2D eigenvalue weighted by Crippen LogP contribution is 2.21. The first kappa shape index (κ1) is 15.2. The molecule has 0 rings (SSSR count). The SMILES string of the molecule is CCCSSCCC.O=[P+](O)O. The van der Waals surface area contributed by atoms with Crippen LogP contribution < -0.4 is 0 Å². The summed E-state index contributed by atoms with van der Waals surface area (Å²) in [6.45, 7) is 4.44. The standard InChI is InChI=1S/C6H14S2.HO3P/c1-3-5-7-8-6-4-2;1-4(2)3/h3-6H2,1-2H3;(H-,1,2,3)/p+1. The van der Waals surface area contributed by atoms with Crippen LogP contribution in [0.3, 0.4) is 0 Å². The van der Waals surface area contributed by atoms with Gasteiger partial charge in [0.2, 0.25) is 0 Å². The smallest absolute Gasteiger partial charge is 0.134 e. The van der Waals surface area contributed by atoms with Crippen LogP contribution in [-0.2, 0) is 4.57 Å². The molecule has 0 bridgehead atoms. The van der Waals surface area contributed by atoms with E-state index in [-0.39, 0.29) is 0 Å². The van der Waals surface area contributed by atoms with Crippen molar-refractivity contribution in [1.82, 2.24) is 0 Å². The Balaban J connectivity index is 0. The summed E-state index contributed by atoms with van der Waals surface area (Å²) in [5.74, 6) is 2.62. The molecular weight excluding hydrogens is 215 g/mol. The molecule has 0 spiro atoms. The molecule has 0 saturated carbocycles. The topological polar surface area (TPSA) is 57.5 Å². The summed E-state index contributed by atoms with van der Waals surface area (Å²) in [5.41, 5.74) is 0. The Morgan fingerprint density at radius 2 is 1.33 bits per heavy atom. The van der Waals surface area contributed by atoms with E-state index in [1.54, 1.807) is 0 Å². The predicted molar refractivity (Wildman–Crippen MR) is 57.5 cm³/mol. The fourth-order valence-corrected chi connectivity index (χ4v) is 2.56. The lowest BCUT2D eigenvalue weighted by Gasteiger charge is -1.93. The Kier molecular flexibility index (Phi) is 18.1. The molecule has 0 fully saturated rings. The highest BCUT2D eigenvalue weighted by Gasteiger charge is 1.93. The van der Waals surface area contributed by atoms with Crippen LogP contribution in [0.4, 0.5) is 0 Å². The van der Waals surface area contributed by atoms with Crippen molar-refractivity contribution < 1.29 is 14.4 Å². The highest BCUT2D eigenvalue weighted by atomic mass is 33.1. The molecule has 3 nitrogen and oxygen atoms in total. The molecule has 0 aromatic heterocycles. The Morgan fingerprint density at radius 3 is 1.50 bits per heavy atom. The van der Waals surface area contributed by atoms with Crippen LogP contribution in [0.15, 0.2) is 0 Å². The number of hydrogen-bond acceptors (Lipinski definition) is 3. The first-order valence-corrected chi connectivity index (χ1v) is 7.39. The zero-order valence-corrected chi connectivity index (χ0v) is 9.92. The van der Waals surface area contributed by atoms with E-state index < -0.39 is 8.25 Å². The minimum atomic E-state index is -2.87. The molecule has 0 aromatic carbocycles. The molecule has 12 heavy (non-hydrogen) atoms. The summed E-state index contributed by atoms with van der Waals surface area (Å²) >= 11 is 0. The monoisotopic (exact) mass is 231 g/mol. The van der Waals surface area contributed by atoms with Crippen molar-refractivity contribution in [2.45, 2.75) is 26.7 Å². The van der Waals surface area contributed by atoms with Crippen molar-refractivity contribution in [2.24, 2.45) is 0 Å². The van der Waals surface area contributed by atoms with Crippen molar-refractivity contribution in [3.05, 3.63) is 0 Å². The zero-order valence-electron chi connectivity index (χ0n) is 7.39. The van der Waals surface area contributed by atoms with E-state index in [0.29, 0.717) is 0 Å². The average Bonchev–Trinajstić information content (AvgIpc) is 1.97. The fourth-order valence-electron chi connectivity index (χ4n) is 0.285. The van der Waals surface area contributed by atoms with E-state index >= 15 is 0 Å². The van der Waals surface area contributed by atoms with E-state index in [0.717, 1.165) is 0 Å². The van der Waals surface area contributed by atoms with Gasteiger partial charge in [-0.25, -0.2) is 0 Å². The molecule has 0 heterocycles. The quantitative estimate of drug-likeness (QED) is 0.433. The molecule has 2 N–H and O–H groups in total. The third-order valence-corrected chi connectivity index (χ3v) is 3.47. The average molecular weight is 231 g/mol. The number of rotatable bonds is 5. The van der Waals surface area contributed by atoms with Crippen LogP contribution in [-0.4, -0.2) is 21.3 Å². The van der Waals surface area contributed by atoms with Crippen LogP contribution in [0, 0.1) is 0 Å². The second-order valence-corrected chi connectivity index (χ2v) is 5.10. The van der Waals surface area contributed by atoms with Gasteiger partial charge in [0.25, 0.3) is 0 Å². The molecule has 74 valence electrons. The van der Waals surface area contributed by atoms with Gasteiger partial charge in [0.1, 0.15) is 0 Å². The highest BCUT2D eigenvalue weighted by molar-refractivity contribution is 8.76. The van der Waals surface area contributed by atoms with Crippen molar-refractivity contribution in [3.8, 4) is 0 Å². The van der Waals surface area contributed by atoms with Gasteiger partial charge in [-0.3, -0.25) is 0 Å². The van der Waals surface area contributed by atoms with Crippen molar-refractivity contribution in [3.63, 3.8) is 0 Å². The van der Waals surface area contributed by atoms with Crippen LogP contribution in [0.1, 0.15) is 26.7 Å². The summed E-state index contributed by atoms with van der Waals surface area (Å²) in [6, 6.07) is 0. The van der Waals surface area contributed by atoms with Gasteiger partial charge in [-0.15, -0.1) is 9.79 Å². The van der Waals surface area contributed by atoms with Gasteiger partial charge in [0, 0.05) is 16.1 Å². The summed E-state index contributed by atoms with van der Waals surface area (Å²) in [4.78, 5) is 14.2. The van der Waals surface area contributed by atoms with E-state index in [2.05, 4.69) is 13.8 Å². The van der Waals surface area contributed by atoms with Gasteiger partial charge < -0.3 is 0 Å². The molecule has 6 heteroatoms. The zero-order chi connectivity index (χ0) is 9.82. The Hall–Kier alpha value is 0.720. The van der Waals surface area contributed by atoms with E-state index in [1.807, 2.05) is 21.6 Å². The minimum Gasteiger partial charge on any atom is -0.134 e. The third-order valence-electron chi connectivity index (χ3n) is 0.658. The summed E-state index contributed by atoms with van der Waals surface area (Å²) < 4.78 is 8.70.